The van der Waals surface area contributed by atoms with Crippen molar-refractivity contribution < 1.29 is 14.4 Å². The minimum atomic E-state index is -0.191. The molecule has 148 valence electrons. The van der Waals surface area contributed by atoms with Gasteiger partial charge in [-0.3, -0.25) is 14.4 Å². The molecule has 0 heterocycles. The van der Waals surface area contributed by atoms with E-state index in [0.717, 1.165) is 11.4 Å². The van der Waals surface area contributed by atoms with Crippen molar-refractivity contribution in [1.82, 2.24) is 0 Å². The van der Waals surface area contributed by atoms with Gasteiger partial charge < -0.3 is 20.4 Å². The van der Waals surface area contributed by atoms with Crippen molar-refractivity contribution in [3.8, 4) is 0 Å². The highest BCUT2D eigenvalue weighted by Gasteiger charge is 2.14. The van der Waals surface area contributed by atoms with E-state index < -0.39 is 0 Å². The Labute approximate surface area is 165 Å². The SMILES string of the molecule is CC(=O)Nc1ccc(NC(=O)CCN(C(C)=O)c2ccc(N(C)C)cc2)cc1. The Kier molecular flexibility index (Phi) is 7.14. The predicted molar refractivity (Wildman–Crippen MR) is 113 cm³/mol. The molecule has 0 aromatic heterocycles. The van der Waals surface area contributed by atoms with Crippen molar-refractivity contribution in [2.45, 2.75) is 20.3 Å². The Morgan fingerprint density at radius 1 is 0.786 bits per heavy atom. The molecule has 0 radical (unpaired) electrons. The van der Waals surface area contributed by atoms with Crippen molar-refractivity contribution in [2.75, 3.05) is 41.1 Å². The van der Waals surface area contributed by atoms with Crippen LogP contribution >= 0.6 is 0 Å². The lowest BCUT2D eigenvalue weighted by Crippen LogP contribution is -2.32. The van der Waals surface area contributed by atoms with E-state index in [1.165, 1.54) is 13.8 Å². The maximum absolute atomic E-state index is 12.3. The monoisotopic (exact) mass is 382 g/mol. The summed E-state index contributed by atoms with van der Waals surface area (Å²) in [6.07, 6.45) is 0.169. The number of anilines is 4. The van der Waals surface area contributed by atoms with Crippen LogP contribution in [0.25, 0.3) is 0 Å². The van der Waals surface area contributed by atoms with Gasteiger partial charge in [-0.15, -0.1) is 0 Å². The summed E-state index contributed by atoms with van der Waals surface area (Å²) in [5.41, 5.74) is 3.08. The van der Waals surface area contributed by atoms with Crippen LogP contribution in [0.15, 0.2) is 48.5 Å². The van der Waals surface area contributed by atoms with Gasteiger partial charge in [-0.1, -0.05) is 0 Å². The molecule has 0 aliphatic heterocycles. The molecule has 2 rings (SSSR count). The fourth-order valence-corrected chi connectivity index (χ4v) is 2.68. The van der Waals surface area contributed by atoms with Gasteiger partial charge in [-0.25, -0.2) is 0 Å². The average Bonchev–Trinajstić information content (AvgIpc) is 2.63. The molecule has 0 atom stereocenters. The van der Waals surface area contributed by atoms with Crippen LogP contribution in [-0.4, -0.2) is 38.4 Å². The Hall–Kier alpha value is -3.35. The third-order valence-electron chi connectivity index (χ3n) is 4.11. The Morgan fingerprint density at radius 2 is 1.29 bits per heavy atom. The predicted octanol–water partition coefficient (Wildman–Crippen LogP) is 3.09. The van der Waals surface area contributed by atoms with E-state index in [1.54, 1.807) is 29.2 Å². The molecule has 0 bridgehead atoms. The number of benzene rings is 2. The van der Waals surface area contributed by atoms with E-state index in [-0.39, 0.29) is 30.7 Å². The molecule has 2 aromatic rings. The van der Waals surface area contributed by atoms with E-state index >= 15 is 0 Å². The highest BCUT2D eigenvalue weighted by atomic mass is 16.2. The smallest absolute Gasteiger partial charge is 0.226 e. The van der Waals surface area contributed by atoms with Crippen LogP contribution in [0.4, 0.5) is 22.7 Å². The number of carbonyl (C=O) groups is 3. The summed E-state index contributed by atoms with van der Waals surface area (Å²) in [4.78, 5) is 38.9. The second-order valence-electron chi connectivity index (χ2n) is 6.64. The van der Waals surface area contributed by atoms with Gasteiger partial charge in [-0.05, 0) is 48.5 Å². The van der Waals surface area contributed by atoms with E-state index in [0.29, 0.717) is 11.4 Å². The summed E-state index contributed by atoms with van der Waals surface area (Å²) < 4.78 is 0. The minimum Gasteiger partial charge on any atom is -0.378 e. The second kappa shape index (κ2) is 9.55. The standard InChI is InChI=1S/C21H26N4O3/c1-15(26)22-17-5-7-18(8-6-17)23-21(28)13-14-25(16(2)27)20-11-9-19(10-12-20)24(3)4/h5-12H,13-14H2,1-4H3,(H,22,26)(H,23,28). The molecule has 28 heavy (non-hydrogen) atoms. The minimum absolute atomic E-state index is 0.120. The topological polar surface area (TPSA) is 81.8 Å². The number of nitrogens with one attached hydrogen (secondary N) is 2. The molecule has 0 saturated heterocycles. The van der Waals surface area contributed by atoms with Crippen LogP contribution in [0.3, 0.4) is 0 Å². The largest absolute Gasteiger partial charge is 0.378 e. The van der Waals surface area contributed by atoms with Crippen molar-refractivity contribution in [3.63, 3.8) is 0 Å². The second-order valence-corrected chi connectivity index (χ2v) is 6.64. The molecule has 0 saturated carbocycles. The van der Waals surface area contributed by atoms with Crippen LogP contribution < -0.4 is 20.4 Å². The molecule has 7 heteroatoms. The summed E-state index contributed by atoms with van der Waals surface area (Å²) in [6, 6.07) is 14.5. The molecule has 0 unspecified atom stereocenters. The third-order valence-corrected chi connectivity index (χ3v) is 4.11. The number of rotatable bonds is 7. The van der Waals surface area contributed by atoms with Crippen LogP contribution in [0.2, 0.25) is 0 Å². The van der Waals surface area contributed by atoms with Crippen LogP contribution in [0, 0.1) is 0 Å². The summed E-state index contributed by atoms with van der Waals surface area (Å²) in [5.74, 6) is -0.465. The van der Waals surface area contributed by atoms with Gasteiger partial charge in [0.25, 0.3) is 0 Å². The molecule has 7 nitrogen and oxygen atoms in total. The molecule has 0 spiro atoms. The van der Waals surface area contributed by atoms with E-state index in [1.807, 2.05) is 43.3 Å². The molecule has 0 aliphatic carbocycles. The van der Waals surface area contributed by atoms with Crippen molar-refractivity contribution in [2.24, 2.45) is 0 Å². The Balaban J connectivity index is 1.94. The quantitative estimate of drug-likeness (QED) is 0.771. The zero-order valence-corrected chi connectivity index (χ0v) is 16.7. The summed E-state index contributed by atoms with van der Waals surface area (Å²) in [7, 11) is 3.90. The van der Waals surface area contributed by atoms with Gasteiger partial charge in [-0.2, -0.15) is 0 Å². The molecular weight excluding hydrogens is 356 g/mol. The first-order valence-electron chi connectivity index (χ1n) is 8.99. The maximum Gasteiger partial charge on any atom is 0.226 e. The van der Waals surface area contributed by atoms with Gasteiger partial charge in [0.15, 0.2) is 0 Å². The average molecular weight is 382 g/mol. The van der Waals surface area contributed by atoms with Gasteiger partial charge >= 0.3 is 0 Å². The van der Waals surface area contributed by atoms with Gasteiger partial charge in [0.05, 0.1) is 0 Å². The summed E-state index contributed by atoms with van der Waals surface area (Å²) >= 11 is 0. The Bertz CT molecular complexity index is 830. The molecule has 0 aliphatic rings. The number of carbonyl (C=O) groups excluding carboxylic acids is 3. The Morgan fingerprint density at radius 3 is 1.75 bits per heavy atom. The maximum atomic E-state index is 12.3. The van der Waals surface area contributed by atoms with Crippen LogP contribution in [0.5, 0.6) is 0 Å². The molecule has 0 fully saturated rings. The fourth-order valence-electron chi connectivity index (χ4n) is 2.68. The van der Waals surface area contributed by atoms with Crippen LogP contribution in [0.1, 0.15) is 20.3 Å². The lowest BCUT2D eigenvalue weighted by molar-refractivity contribution is -0.117. The van der Waals surface area contributed by atoms with E-state index in [4.69, 9.17) is 0 Å². The zero-order chi connectivity index (χ0) is 20.7. The number of nitrogens with zero attached hydrogens (tertiary/aromatic N) is 2. The van der Waals surface area contributed by atoms with E-state index in [9.17, 15) is 14.4 Å². The number of hydrogen-bond acceptors (Lipinski definition) is 4. The summed E-state index contributed by atoms with van der Waals surface area (Å²) in [6.45, 7) is 3.20. The first-order valence-corrected chi connectivity index (χ1v) is 8.99. The van der Waals surface area contributed by atoms with Crippen molar-refractivity contribution in [1.29, 1.82) is 0 Å². The first-order chi connectivity index (χ1) is 13.3. The number of hydrogen-bond donors (Lipinski definition) is 2. The lowest BCUT2D eigenvalue weighted by atomic mass is 10.2. The van der Waals surface area contributed by atoms with Crippen molar-refractivity contribution >= 4 is 40.5 Å². The zero-order valence-electron chi connectivity index (χ0n) is 16.7. The van der Waals surface area contributed by atoms with Gasteiger partial charge in [0, 0.05) is 63.7 Å². The van der Waals surface area contributed by atoms with E-state index in [2.05, 4.69) is 10.6 Å². The van der Waals surface area contributed by atoms with Crippen molar-refractivity contribution in [3.05, 3.63) is 48.5 Å². The highest BCUT2D eigenvalue weighted by Crippen LogP contribution is 2.20. The lowest BCUT2D eigenvalue weighted by Gasteiger charge is -2.22. The molecule has 3 amide bonds. The van der Waals surface area contributed by atoms with Gasteiger partial charge in [0.1, 0.15) is 0 Å². The normalized spacial score (nSPS) is 10.1. The fraction of sp³-hybridized carbons (Fsp3) is 0.286. The summed E-state index contributed by atoms with van der Waals surface area (Å²) in [5, 5.41) is 5.46. The molecule has 2 aromatic carbocycles. The third kappa shape index (κ3) is 6.12. The molecule has 2 N–H and O–H groups in total. The molecular formula is C21H26N4O3. The first kappa shape index (κ1) is 21.0. The van der Waals surface area contributed by atoms with Gasteiger partial charge in [0.2, 0.25) is 17.7 Å². The van der Waals surface area contributed by atoms with Crippen LogP contribution in [-0.2, 0) is 14.4 Å². The number of amides is 3. The highest BCUT2D eigenvalue weighted by molar-refractivity contribution is 5.95.